The molecule has 1 N–H and O–H groups in total. The Morgan fingerprint density at radius 3 is 2.50 bits per heavy atom. The number of benzene rings is 1. The quantitative estimate of drug-likeness (QED) is 0.884. The van der Waals surface area contributed by atoms with Crippen LogP contribution in [0.1, 0.15) is 43.4 Å². The number of nitrogens with zero attached hydrogens (tertiary/aromatic N) is 1. The summed E-state index contributed by atoms with van der Waals surface area (Å²) in [5, 5.41) is 9.39. The van der Waals surface area contributed by atoms with E-state index in [1.807, 2.05) is 0 Å². The molecule has 0 radical (unpaired) electrons. The van der Waals surface area contributed by atoms with Crippen molar-refractivity contribution in [3.05, 3.63) is 34.9 Å². The van der Waals surface area contributed by atoms with Crippen LogP contribution in [0.15, 0.2) is 18.2 Å². The average molecular weight is 247 g/mol. The molecule has 100 valence electrons. The maximum atomic E-state index is 9.39. The zero-order valence-electron chi connectivity index (χ0n) is 11.9. The summed E-state index contributed by atoms with van der Waals surface area (Å²) in [5.74, 6) is 0. The number of aryl methyl sites for hydroxylation is 2. The summed E-state index contributed by atoms with van der Waals surface area (Å²) in [4.78, 5) is 2.22. The molecule has 2 nitrogen and oxygen atoms in total. The van der Waals surface area contributed by atoms with Crippen molar-refractivity contribution in [3.8, 4) is 0 Å². The number of fused-ring (bicyclic) bond motifs is 1. The van der Waals surface area contributed by atoms with E-state index >= 15 is 0 Å². The molecule has 1 aromatic rings. The second-order valence-corrected chi connectivity index (χ2v) is 6.14. The molecule has 2 rings (SSSR count). The van der Waals surface area contributed by atoms with Gasteiger partial charge in [-0.15, -0.1) is 0 Å². The minimum Gasteiger partial charge on any atom is -0.394 e. The van der Waals surface area contributed by atoms with Crippen LogP contribution in [-0.4, -0.2) is 29.2 Å². The van der Waals surface area contributed by atoms with Crippen LogP contribution in [0.2, 0.25) is 0 Å². The van der Waals surface area contributed by atoms with Crippen LogP contribution in [0.4, 0.5) is 0 Å². The molecule has 0 aliphatic heterocycles. The molecule has 1 aromatic carbocycles. The molecular weight excluding hydrogens is 222 g/mol. The summed E-state index contributed by atoms with van der Waals surface area (Å²) in [6, 6.07) is 6.90. The Labute approximate surface area is 111 Å². The van der Waals surface area contributed by atoms with Crippen LogP contribution in [-0.2, 0) is 19.4 Å². The average Bonchev–Trinajstić information content (AvgIpc) is 2.38. The minimum absolute atomic E-state index is 0.157. The summed E-state index contributed by atoms with van der Waals surface area (Å²) in [5.41, 5.74) is 4.28. The molecule has 0 fully saturated rings. The first kappa shape index (κ1) is 13.6. The number of hydrogen-bond donors (Lipinski definition) is 1. The highest BCUT2D eigenvalue weighted by atomic mass is 16.3. The highest BCUT2D eigenvalue weighted by Gasteiger charge is 2.22. The lowest BCUT2D eigenvalue weighted by Gasteiger charge is -2.34. The molecule has 2 heteroatoms. The van der Waals surface area contributed by atoms with Gasteiger partial charge in [-0.25, -0.2) is 0 Å². The predicted molar refractivity (Wildman–Crippen MR) is 75.7 cm³/mol. The van der Waals surface area contributed by atoms with E-state index in [1.165, 1.54) is 42.4 Å². The van der Waals surface area contributed by atoms with Crippen molar-refractivity contribution in [2.45, 2.75) is 51.6 Å². The molecular formula is C16H25NO. The molecule has 0 saturated heterocycles. The lowest BCUT2D eigenvalue weighted by Crippen LogP contribution is -2.43. The number of rotatable bonds is 4. The first-order valence-corrected chi connectivity index (χ1v) is 6.96. The fourth-order valence-corrected chi connectivity index (χ4v) is 2.49. The van der Waals surface area contributed by atoms with Crippen molar-refractivity contribution >= 4 is 0 Å². The van der Waals surface area contributed by atoms with Gasteiger partial charge in [0.2, 0.25) is 0 Å². The van der Waals surface area contributed by atoms with E-state index in [1.54, 1.807) is 0 Å². The van der Waals surface area contributed by atoms with Gasteiger partial charge < -0.3 is 5.11 Å². The van der Waals surface area contributed by atoms with E-state index in [-0.39, 0.29) is 12.1 Å². The number of aliphatic hydroxyl groups is 1. The third-order valence-electron chi connectivity index (χ3n) is 4.25. The summed E-state index contributed by atoms with van der Waals surface area (Å²) in [6.45, 7) is 5.24. The summed E-state index contributed by atoms with van der Waals surface area (Å²) in [6.07, 6.45) is 5.14. The monoisotopic (exact) mass is 247 g/mol. The van der Waals surface area contributed by atoms with E-state index < -0.39 is 0 Å². The zero-order valence-corrected chi connectivity index (χ0v) is 11.9. The van der Waals surface area contributed by atoms with Gasteiger partial charge >= 0.3 is 0 Å². The van der Waals surface area contributed by atoms with E-state index in [9.17, 15) is 5.11 Å². The fraction of sp³-hybridized carbons (Fsp3) is 0.625. The molecule has 0 amide bonds. The van der Waals surface area contributed by atoms with Gasteiger partial charge in [0.15, 0.2) is 0 Å². The van der Waals surface area contributed by atoms with Gasteiger partial charge in [0.1, 0.15) is 0 Å². The van der Waals surface area contributed by atoms with Crippen LogP contribution in [0, 0.1) is 0 Å². The summed E-state index contributed by atoms with van der Waals surface area (Å²) in [7, 11) is 2.08. The molecule has 0 heterocycles. The van der Waals surface area contributed by atoms with Crippen LogP contribution < -0.4 is 0 Å². The largest absolute Gasteiger partial charge is 0.394 e. The predicted octanol–water partition coefficient (Wildman–Crippen LogP) is 2.77. The molecule has 0 spiro atoms. The molecule has 0 unspecified atom stereocenters. The standard InChI is InChI=1S/C16H25NO/c1-16(2,12-18)17(3)11-13-8-9-14-6-4-5-7-15(14)10-13/h8-10,18H,4-7,11-12H2,1-3H3. The maximum absolute atomic E-state index is 9.39. The van der Waals surface area contributed by atoms with E-state index in [0.29, 0.717) is 0 Å². The second kappa shape index (κ2) is 5.41. The lowest BCUT2D eigenvalue weighted by molar-refractivity contribution is 0.0734. The van der Waals surface area contributed by atoms with Crippen molar-refractivity contribution in [1.29, 1.82) is 0 Å². The normalized spacial score (nSPS) is 15.8. The second-order valence-electron chi connectivity index (χ2n) is 6.14. The van der Waals surface area contributed by atoms with Gasteiger partial charge in [-0.2, -0.15) is 0 Å². The van der Waals surface area contributed by atoms with Gasteiger partial charge in [0.25, 0.3) is 0 Å². The highest BCUT2D eigenvalue weighted by Crippen LogP contribution is 2.23. The minimum atomic E-state index is -0.157. The number of aliphatic hydroxyl groups excluding tert-OH is 1. The van der Waals surface area contributed by atoms with Gasteiger partial charge in [-0.3, -0.25) is 4.90 Å². The third kappa shape index (κ3) is 2.93. The van der Waals surface area contributed by atoms with Crippen molar-refractivity contribution in [2.24, 2.45) is 0 Å². The third-order valence-corrected chi connectivity index (χ3v) is 4.25. The fourth-order valence-electron chi connectivity index (χ4n) is 2.49. The van der Waals surface area contributed by atoms with Crippen molar-refractivity contribution in [3.63, 3.8) is 0 Å². The molecule has 18 heavy (non-hydrogen) atoms. The van der Waals surface area contributed by atoms with Crippen LogP contribution in [0.3, 0.4) is 0 Å². The van der Waals surface area contributed by atoms with E-state index in [0.717, 1.165) is 6.54 Å². The Balaban J connectivity index is 2.10. The number of likely N-dealkylation sites (N-methyl/N-ethyl adjacent to an activating group) is 1. The molecule has 1 aliphatic carbocycles. The maximum Gasteiger partial charge on any atom is 0.0610 e. The molecule has 0 saturated carbocycles. The Morgan fingerprint density at radius 1 is 1.17 bits per heavy atom. The van der Waals surface area contributed by atoms with Gasteiger partial charge in [-0.05, 0) is 63.3 Å². The first-order valence-electron chi connectivity index (χ1n) is 6.96. The van der Waals surface area contributed by atoms with Gasteiger partial charge in [0.05, 0.1) is 6.61 Å². The Hall–Kier alpha value is -0.860. The van der Waals surface area contributed by atoms with Crippen molar-refractivity contribution in [2.75, 3.05) is 13.7 Å². The van der Waals surface area contributed by atoms with Crippen molar-refractivity contribution < 1.29 is 5.11 Å². The van der Waals surface area contributed by atoms with Crippen molar-refractivity contribution in [1.82, 2.24) is 4.90 Å². The molecule has 0 atom stereocenters. The SMILES string of the molecule is CN(Cc1ccc2c(c1)CCCC2)C(C)(C)CO. The Bertz CT molecular complexity index is 412. The molecule has 0 aromatic heterocycles. The van der Waals surface area contributed by atoms with Crippen LogP contribution >= 0.6 is 0 Å². The highest BCUT2D eigenvalue weighted by molar-refractivity contribution is 5.33. The smallest absolute Gasteiger partial charge is 0.0610 e. The van der Waals surface area contributed by atoms with Crippen LogP contribution in [0.5, 0.6) is 0 Å². The van der Waals surface area contributed by atoms with Gasteiger partial charge in [0, 0.05) is 12.1 Å². The van der Waals surface area contributed by atoms with Crippen LogP contribution in [0.25, 0.3) is 0 Å². The molecule has 1 aliphatic rings. The summed E-state index contributed by atoms with van der Waals surface area (Å²) < 4.78 is 0. The first-order chi connectivity index (χ1) is 8.53. The number of hydrogen-bond acceptors (Lipinski definition) is 2. The Kier molecular flexibility index (Phi) is 4.08. The topological polar surface area (TPSA) is 23.5 Å². The zero-order chi connectivity index (χ0) is 13.2. The van der Waals surface area contributed by atoms with Gasteiger partial charge in [-0.1, -0.05) is 18.2 Å². The Morgan fingerprint density at radius 2 is 1.83 bits per heavy atom. The van der Waals surface area contributed by atoms with E-state index in [2.05, 4.69) is 44.0 Å². The lowest BCUT2D eigenvalue weighted by atomic mass is 9.90. The van der Waals surface area contributed by atoms with E-state index in [4.69, 9.17) is 0 Å². The molecule has 0 bridgehead atoms. The summed E-state index contributed by atoms with van der Waals surface area (Å²) >= 11 is 0.